The van der Waals surface area contributed by atoms with Gasteiger partial charge in [-0.3, -0.25) is 9.59 Å². The molecule has 0 atom stereocenters. The van der Waals surface area contributed by atoms with Crippen molar-refractivity contribution in [1.29, 1.82) is 0 Å². The number of halogens is 2. The van der Waals surface area contributed by atoms with E-state index in [1.54, 1.807) is 47.1 Å². The maximum absolute atomic E-state index is 12.7. The normalized spacial score (nSPS) is 14.0. The molecule has 1 aliphatic rings. The molecule has 1 aromatic carbocycles. The first kappa shape index (κ1) is 22.7. The van der Waals surface area contributed by atoms with Crippen LogP contribution < -0.4 is 10.2 Å². The van der Waals surface area contributed by atoms with E-state index in [1.165, 1.54) is 0 Å². The zero-order valence-corrected chi connectivity index (χ0v) is 19.1. The Morgan fingerprint density at radius 2 is 1.90 bits per heavy atom. The third-order valence-corrected chi connectivity index (χ3v) is 6.25. The number of benzene rings is 1. The molecule has 2 amide bonds. The van der Waals surface area contributed by atoms with E-state index in [2.05, 4.69) is 22.1 Å². The predicted octanol–water partition coefficient (Wildman–Crippen LogP) is 3.83. The Labute approximate surface area is 190 Å². The number of carbonyl (C=O) groups excluding carboxylic acids is 2. The second kappa shape index (κ2) is 10.9. The van der Waals surface area contributed by atoms with Crippen molar-refractivity contribution in [1.82, 2.24) is 15.2 Å². The molecule has 1 aromatic heterocycles. The van der Waals surface area contributed by atoms with Crippen LogP contribution in [0.15, 0.2) is 36.5 Å². The summed E-state index contributed by atoms with van der Waals surface area (Å²) >= 11 is 13.9. The summed E-state index contributed by atoms with van der Waals surface area (Å²) in [7, 11) is 0. The zero-order valence-electron chi connectivity index (χ0n) is 16.7. The summed E-state index contributed by atoms with van der Waals surface area (Å²) in [4.78, 5) is 33.2. The van der Waals surface area contributed by atoms with Gasteiger partial charge >= 0.3 is 0 Å². The number of amides is 2. The molecule has 30 heavy (non-hydrogen) atoms. The van der Waals surface area contributed by atoms with Crippen LogP contribution in [-0.2, 0) is 0 Å². The van der Waals surface area contributed by atoms with Gasteiger partial charge in [0.25, 0.3) is 11.8 Å². The van der Waals surface area contributed by atoms with Gasteiger partial charge in [0.05, 0.1) is 16.1 Å². The topological polar surface area (TPSA) is 65.5 Å². The lowest BCUT2D eigenvalue weighted by molar-refractivity contribution is 0.0746. The number of carbonyl (C=O) groups is 2. The van der Waals surface area contributed by atoms with E-state index in [9.17, 15) is 9.59 Å². The standard InChI is InChI=1S/C21H24Cl2N4O2S/c1-2-30-12-7-24-20(28)15-3-6-19(25-14-15)26-8-10-27(11-9-26)21(29)17-5-4-16(22)13-18(17)23/h3-6,13-14H,2,7-12H2,1H3,(H,24,28). The first-order valence-electron chi connectivity index (χ1n) is 9.81. The molecular formula is C21H24Cl2N4O2S. The third kappa shape index (κ3) is 5.80. The highest BCUT2D eigenvalue weighted by Gasteiger charge is 2.24. The van der Waals surface area contributed by atoms with Crippen LogP contribution in [0, 0.1) is 0 Å². The van der Waals surface area contributed by atoms with Crippen LogP contribution in [0.4, 0.5) is 5.82 Å². The van der Waals surface area contributed by atoms with E-state index in [-0.39, 0.29) is 11.8 Å². The van der Waals surface area contributed by atoms with Gasteiger partial charge in [0.1, 0.15) is 5.82 Å². The van der Waals surface area contributed by atoms with Gasteiger partial charge in [-0.2, -0.15) is 11.8 Å². The number of nitrogens with one attached hydrogen (secondary N) is 1. The van der Waals surface area contributed by atoms with Gasteiger partial charge in [0, 0.05) is 49.7 Å². The summed E-state index contributed by atoms with van der Waals surface area (Å²) in [5.41, 5.74) is 1.01. The summed E-state index contributed by atoms with van der Waals surface area (Å²) in [5.74, 6) is 2.53. The number of hydrogen-bond acceptors (Lipinski definition) is 5. The Hall–Kier alpha value is -1.96. The van der Waals surface area contributed by atoms with Crippen molar-refractivity contribution in [3.8, 4) is 0 Å². The van der Waals surface area contributed by atoms with Crippen LogP contribution in [0.25, 0.3) is 0 Å². The van der Waals surface area contributed by atoms with Gasteiger partial charge in [-0.15, -0.1) is 0 Å². The summed E-state index contributed by atoms with van der Waals surface area (Å²) in [6.07, 6.45) is 1.60. The summed E-state index contributed by atoms with van der Waals surface area (Å²) in [5, 5.41) is 3.76. The molecule has 0 unspecified atom stereocenters. The summed E-state index contributed by atoms with van der Waals surface area (Å²) in [6, 6.07) is 8.54. The van der Waals surface area contributed by atoms with E-state index in [0.717, 1.165) is 17.3 Å². The Bertz CT molecular complexity index is 887. The maximum Gasteiger partial charge on any atom is 0.255 e. The molecule has 2 aromatic rings. The molecule has 1 saturated heterocycles. The van der Waals surface area contributed by atoms with E-state index < -0.39 is 0 Å². The minimum atomic E-state index is -0.110. The molecule has 2 heterocycles. The Balaban J connectivity index is 1.53. The number of pyridine rings is 1. The number of nitrogens with zero attached hydrogens (tertiary/aromatic N) is 3. The van der Waals surface area contributed by atoms with Gasteiger partial charge in [-0.05, 0) is 36.1 Å². The van der Waals surface area contributed by atoms with Crippen LogP contribution in [0.1, 0.15) is 27.6 Å². The number of aromatic nitrogens is 1. The Kier molecular flexibility index (Phi) is 8.24. The van der Waals surface area contributed by atoms with Gasteiger partial charge in [0.2, 0.25) is 0 Å². The van der Waals surface area contributed by atoms with E-state index in [1.807, 2.05) is 6.07 Å². The van der Waals surface area contributed by atoms with E-state index in [4.69, 9.17) is 23.2 Å². The highest BCUT2D eigenvalue weighted by atomic mass is 35.5. The fourth-order valence-electron chi connectivity index (χ4n) is 3.16. The van der Waals surface area contributed by atoms with Crippen LogP contribution in [-0.4, -0.2) is 65.9 Å². The smallest absolute Gasteiger partial charge is 0.255 e. The molecule has 6 nitrogen and oxygen atoms in total. The average molecular weight is 467 g/mol. The Morgan fingerprint density at radius 3 is 2.53 bits per heavy atom. The molecule has 0 aliphatic carbocycles. The highest BCUT2D eigenvalue weighted by molar-refractivity contribution is 7.99. The zero-order chi connectivity index (χ0) is 21.5. The second-order valence-electron chi connectivity index (χ2n) is 6.76. The third-order valence-electron chi connectivity index (χ3n) is 4.80. The highest BCUT2D eigenvalue weighted by Crippen LogP contribution is 2.23. The van der Waals surface area contributed by atoms with Crippen molar-refractivity contribution in [3.63, 3.8) is 0 Å². The lowest BCUT2D eigenvalue weighted by Crippen LogP contribution is -2.49. The fraction of sp³-hybridized carbons (Fsp3) is 0.381. The molecule has 0 radical (unpaired) electrons. The molecule has 0 spiro atoms. The minimum absolute atomic E-state index is 0.0995. The second-order valence-corrected chi connectivity index (χ2v) is 9.00. The van der Waals surface area contributed by atoms with Crippen LogP contribution in [0.3, 0.4) is 0 Å². The van der Waals surface area contributed by atoms with Gasteiger partial charge in [-0.1, -0.05) is 30.1 Å². The fourth-order valence-corrected chi connectivity index (χ4v) is 4.19. The lowest BCUT2D eigenvalue weighted by Gasteiger charge is -2.35. The SMILES string of the molecule is CCSCCNC(=O)c1ccc(N2CCN(C(=O)c3ccc(Cl)cc3Cl)CC2)nc1. The quantitative estimate of drug-likeness (QED) is 0.627. The summed E-state index contributed by atoms with van der Waals surface area (Å²) < 4.78 is 0. The van der Waals surface area contributed by atoms with Gasteiger partial charge < -0.3 is 15.1 Å². The number of thioether (sulfide) groups is 1. The molecule has 160 valence electrons. The first-order chi connectivity index (χ1) is 14.5. The molecule has 9 heteroatoms. The van der Waals surface area contributed by atoms with Crippen molar-refractivity contribution >= 4 is 52.6 Å². The molecule has 1 fully saturated rings. The van der Waals surface area contributed by atoms with Crippen LogP contribution in [0.2, 0.25) is 10.0 Å². The average Bonchev–Trinajstić information content (AvgIpc) is 2.76. The van der Waals surface area contributed by atoms with Gasteiger partial charge in [0.15, 0.2) is 0 Å². The van der Waals surface area contributed by atoms with E-state index in [0.29, 0.717) is 53.9 Å². The van der Waals surface area contributed by atoms with Crippen molar-refractivity contribution in [2.75, 3.05) is 49.1 Å². The molecule has 1 N–H and O–H groups in total. The number of anilines is 1. The minimum Gasteiger partial charge on any atom is -0.353 e. The lowest BCUT2D eigenvalue weighted by atomic mass is 10.1. The number of rotatable bonds is 7. The summed E-state index contributed by atoms with van der Waals surface area (Å²) in [6.45, 7) is 5.19. The van der Waals surface area contributed by atoms with Gasteiger partial charge in [-0.25, -0.2) is 4.98 Å². The molecular weight excluding hydrogens is 443 g/mol. The van der Waals surface area contributed by atoms with Crippen molar-refractivity contribution in [2.45, 2.75) is 6.92 Å². The largest absolute Gasteiger partial charge is 0.353 e. The predicted molar refractivity (Wildman–Crippen MR) is 124 cm³/mol. The molecule has 0 saturated carbocycles. The molecule has 3 rings (SSSR count). The van der Waals surface area contributed by atoms with Crippen LogP contribution >= 0.6 is 35.0 Å². The first-order valence-corrected chi connectivity index (χ1v) is 11.7. The number of piperazine rings is 1. The number of hydrogen-bond donors (Lipinski definition) is 1. The molecule has 1 aliphatic heterocycles. The maximum atomic E-state index is 12.7. The van der Waals surface area contributed by atoms with Crippen molar-refractivity contribution < 1.29 is 9.59 Å². The monoisotopic (exact) mass is 466 g/mol. The molecule has 0 bridgehead atoms. The Morgan fingerprint density at radius 1 is 1.13 bits per heavy atom. The van der Waals surface area contributed by atoms with Crippen molar-refractivity contribution in [3.05, 3.63) is 57.7 Å². The van der Waals surface area contributed by atoms with E-state index >= 15 is 0 Å². The van der Waals surface area contributed by atoms with Crippen LogP contribution in [0.5, 0.6) is 0 Å². The van der Waals surface area contributed by atoms with Crippen molar-refractivity contribution in [2.24, 2.45) is 0 Å².